The lowest BCUT2D eigenvalue weighted by Crippen LogP contribution is -2.09. The smallest absolute Gasteiger partial charge is 0.122 e. The van der Waals surface area contributed by atoms with Crippen LogP contribution in [0.25, 0.3) is 0 Å². The summed E-state index contributed by atoms with van der Waals surface area (Å²) in [5.74, 6) is 1.22. The summed E-state index contributed by atoms with van der Waals surface area (Å²) in [7, 11) is 1.61. The zero-order valence-electron chi connectivity index (χ0n) is 7.95. The first-order chi connectivity index (χ1) is 6.19. The van der Waals surface area contributed by atoms with E-state index in [-0.39, 0.29) is 11.7 Å². The molecule has 0 amide bonds. The Hall–Kier alpha value is -1.22. The highest BCUT2D eigenvalue weighted by atomic mass is 16.5. The van der Waals surface area contributed by atoms with Gasteiger partial charge >= 0.3 is 0 Å². The van der Waals surface area contributed by atoms with Crippen molar-refractivity contribution in [1.29, 1.82) is 0 Å². The second kappa shape index (κ2) is 4.14. The molecule has 1 atom stereocenters. The van der Waals surface area contributed by atoms with Crippen molar-refractivity contribution in [1.82, 2.24) is 0 Å². The first-order valence-corrected chi connectivity index (χ1v) is 4.26. The lowest BCUT2D eigenvalue weighted by Gasteiger charge is -2.13. The Bertz CT molecular complexity index is 286. The van der Waals surface area contributed by atoms with E-state index in [9.17, 15) is 5.11 Å². The number of hydrogen-bond acceptors (Lipinski definition) is 3. The normalized spacial score (nSPS) is 12.5. The Balaban J connectivity index is 3.07. The highest BCUT2D eigenvalue weighted by Crippen LogP contribution is 2.29. The molecule has 0 fully saturated rings. The van der Waals surface area contributed by atoms with E-state index in [1.807, 2.05) is 6.92 Å². The molecular weight excluding hydrogens is 166 g/mol. The molecule has 0 radical (unpaired) electrons. The summed E-state index contributed by atoms with van der Waals surface area (Å²) in [6, 6.07) is 5.04. The number of phenols is 1. The molecule has 13 heavy (non-hydrogen) atoms. The van der Waals surface area contributed by atoms with Crippen LogP contribution in [0.3, 0.4) is 0 Å². The zero-order chi connectivity index (χ0) is 9.84. The summed E-state index contributed by atoms with van der Waals surface area (Å²) in [4.78, 5) is 0. The SMILES string of the molecule is COc1ccc(O)cc1C(C)CN. The fraction of sp³-hybridized carbons (Fsp3) is 0.400. The van der Waals surface area contributed by atoms with Crippen LogP contribution < -0.4 is 10.5 Å². The number of aromatic hydroxyl groups is 1. The number of rotatable bonds is 3. The van der Waals surface area contributed by atoms with Crippen LogP contribution in [0.5, 0.6) is 11.5 Å². The fourth-order valence-corrected chi connectivity index (χ4v) is 1.23. The molecule has 0 heterocycles. The van der Waals surface area contributed by atoms with Gasteiger partial charge in [0.25, 0.3) is 0 Å². The van der Waals surface area contributed by atoms with Gasteiger partial charge in [-0.2, -0.15) is 0 Å². The minimum Gasteiger partial charge on any atom is -0.508 e. The van der Waals surface area contributed by atoms with E-state index in [2.05, 4.69) is 0 Å². The van der Waals surface area contributed by atoms with Crippen molar-refractivity contribution in [3.63, 3.8) is 0 Å². The highest BCUT2D eigenvalue weighted by Gasteiger charge is 2.10. The minimum absolute atomic E-state index is 0.196. The van der Waals surface area contributed by atoms with Crippen molar-refractivity contribution in [2.75, 3.05) is 13.7 Å². The van der Waals surface area contributed by atoms with Gasteiger partial charge in [-0.15, -0.1) is 0 Å². The van der Waals surface area contributed by atoms with Gasteiger partial charge in [-0.05, 0) is 30.7 Å². The number of ether oxygens (including phenoxy) is 1. The standard InChI is InChI=1S/C10H15NO2/c1-7(6-11)9-5-8(12)3-4-10(9)13-2/h3-5,7,12H,6,11H2,1-2H3. The number of phenolic OH excluding ortho intramolecular Hbond substituents is 1. The molecule has 0 aromatic heterocycles. The molecule has 3 nitrogen and oxygen atoms in total. The molecule has 0 spiro atoms. The van der Waals surface area contributed by atoms with Gasteiger partial charge in [-0.3, -0.25) is 0 Å². The summed E-state index contributed by atoms with van der Waals surface area (Å²) in [6.45, 7) is 2.54. The average molecular weight is 181 g/mol. The molecule has 1 aromatic carbocycles. The van der Waals surface area contributed by atoms with Crippen LogP contribution in [0.2, 0.25) is 0 Å². The molecule has 3 N–H and O–H groups in total. The number of hydrogen-bond donors (Lipinski definition) is 2. The van der Waals surface area contributed by atoms with E-state index in [0.29, 0.717) is 6.54 Å². The van der Waals surface area contributed by atoms with Crippen LogP contribution >= 0.6 is 0 Å². The van der Waals surface area contributed by atoms with Crippen LogP contribution in [0.15, 0.2) is 18.2 Å². The molecule has 1 unspecified atom stereocenters. The van der Waals surface area contributed by atoms with E-state index >= 15 is 0 Å². The van der Waals surface area contributed by atoms with Crippen LogP contribution in [-0.2, 0) is 0 Å². The van der Waals surface area contributed by atoms with Gasteiger partial charge in [0.05, 0.1) is 7.11 Å². The Labute approximate surface area is 78.1 Å². The molecule has 0 aliphatic rings. The van der Waals surface area contributed by atoms with Gasteiger partial charge in [0.2, 0.25) is 0 Å². The van der Waals surface area contributed by atoms with Crippen molar-refractivity contribution in [2.24, 2.45) is 5.73 Å². The number of benzene rings is 1. The van der Waals surface area contributed by atoms with Gasteiger partial charge in [0.1, 0.15) is 11.5 Å². The second-order valence-corrected chi connectivity index (χ2v) is 3.06. The van der Waals surface area contributed by atoms with E-state index in [4.69, 9.17) is 10.5 Å². The molecule has 0 aliphatic heterocycles. The van der Waals surface area contributed by atoms with Gasteiger partial charge < -0.3 is 15.6 Å². The van der Waals surface area contributed by atoms with Crippen molar-refractivity contribution in [3.05, 3.63) is 23.8 Å². The Morgan fingerprint density at radius 3 is 2.77 bits per heavy atom. The van der Waals surface area contributed by atoms with E-state index in [0.717, 1.165) is 11.3 Å². The quantitative estimate of drug-likeness (QED) is 0.742. The van der Waals surface area contributed by atoms with E-state index in [1.54, 1.807) is 25.3 Å². The summed E-state index contributed by atoms with van der Waals surface area (Å²) in [5.41, 5.74) is 6.49. The third-order valence-corrected chi connectivity index (χ3v) is 2.10. The summed E-state index contributed by atoms with van der Waals surface area (Å²) in [5, 5.41) is 9.28. The van der Waals surface area contributed by atoms with Crippen LogP contribution in [0.1, 0.15) is 18.4 Å². The Morgan fingerprint density at radius 2 is 2.23 bits per heavy atom. The van der Waals surface area contributed by atoms with Gasteiger partial charge in [-0.1, -0.05) is 6.92 Å². The highest BCUT2D eigenvalue weighted by molar-refractivity contribution is 5.41. The molecule has 1 rings (SSSR count). The fourth-order valence-electron chi connectivity index (χ4n) is 1.23. The molecule has 0 saturated carbocycles. The largest absolute Gasteiger partial charge is 0.508 e. The Kier molecular flexibility index (Phi) is 3.14. The molecule has 0 aliphatic carbocycles. The van der Waals surface area contributed by atoms with Crippen molar-refractivity contribution in [2.45, 2.75) is 12.8 Å². The van der Waals surface area contributed by atoms with Gasteiger partial charge in [-0.25, -0.2) is 0 Å². The lowest BCUT2D eigenvalue weighted by atomic mass is 10.00. The first kappa shape index (κ1) is 9.86. The van der Waals surface area contributed by atoms with Crippen LogP contribution in [-0.4, -0.2) is 18.8 Å². The molecule has 3 heteroatoms. The maximum Gasteiger partial charge on any atom is 0.122 e. The second-order valence-electron chi connectivity index (χ2n) is 3.06. The third kappa shape index (κ3) is 2.12. The summed E-state index contributed by atoms with van der Waals surface area (Å²) in [6.07, 6.45) is 0. The third-order valence-electron chi connectivity index (χ3n) is 2.10. The predicted octanol–water partition coefficient (Wildman–Crippen LogP) is 1.46. The number of methoxy groups -OCH3 is 1. The van der Waals surface area contributed by atoms with Gasteiger partial charge in [0, 0.05) is 5.56 Å². The van der Waals surface area contributed by atoms with Gasteiger partial charge in [0.15, 0.2) is 0 Å². The van der Waals surface area contributed by atoms with Crippen molar-refractivity contribution >= 4 is 0 Å². The average Bonchev–Trinajstić information content (AvgIpc) is 2.16. The monoisotopic (exact) mass is 181 g/mol. The predicted molar refractivity (Wildman–Crippen MR) is 52.1 cm³/mol. The molecule has 0 bridgehead atoms. The number of nitrogens with two attached hydrogens (primary N) is 1. The van der Waals surface area contributed by atoms with Crippen molar-refractivity contribution < 1.29 is 9.84 Å². The minimum atomic E-state index is 0.196. The molecule has 72 valence electrons. The summed E-state index contributed by atoms with van der Waals surface area (Å²) < 4.78 is 5.16. The zero-order valence-corrected chi connectivity index (χ0v) is 7.95. The van der Waals surface area contributed by atoms with E-state index in [1.165, 1.54) is 0 Å². The first-order valence-electron chi connectivity index (χ1n) is 4.26. The molecule has 0 saturated heterocycles. The van der Waals surface area contributed by atoms with Crippen LogP contribution in [0.4, 0.5) is 0 Å². The summed E-state index contributed by atoms with van der Waals surface area (Å²) >= 11 is 0. The Morgan fingerprint density at radius 1 is 1.54 bits per heavy atom. The van der Waals surface area contributed by atoms with Crippen molar-refractivity contribution in [3.8, 4) is 11.5 Å². The molecule has 1 aromatic rings. The lowest BCUT2D eigenvalue weighted by molar-refractivity contribution is 0.403. The van der Waals surface area contributed by atoms with Crippen LogP contribution in [0, 0.1) is 0 Å². The maximum atomic E-state index is 9.28. The topological polar surface area (TPSA) is 55.5 Å². The molecular formula is C10H15NO2. The van der Waals surface area contributed by atoms with E-state index < -0.39 is 0 Å². The maximum absolute atomic E-state index is 9.28.